The van der Waals surface area contributed by atoms with Crippen LogP contribution in [0.25, 0.3) is 0 Å². The van der Waals surface area contributed by atoms with Crippen molar-refractivity contribution in [2.24, 2.45) is 0 Å². The summed E-state index contributed by atoms with van der Waals surface area (Å²) in [6.45, 7) is 1.49. The van der Waals surface area contributed by atoms with Gasteiger partial charge in [0.15, 0.2) is 5.82 Å². The smallest absolute Gasteiger partial charge is 0.288 e. The summed E-state index contributed by atoms with van der Waals surface area (Å²) in [4.78, 5) is 24.3. The molecule has 0 aliphatic rings. The summed E-state index contributed by atoms with van der Waals surface area (Å²) in [7, 11) is 3.23. The van der Waals surface area contributed by atoms with Crippen molar-refractivity contribution in [1.82, 2.24) is 14.7 Å². The quantitative estimate of drug-likeness (QED) is 0.810. The van der Waals surface area contributed by atoms with Crippen LogP contribution >= 0.6 is 11.6 Å². The molecule has 0 saturated carbocycles. The number of aromatic nitrogens is 2. The van der Waals surface area contributed by atoms with Gasteiger partial charge in [0, 0.05) is 20.5 Å². The van der Waals surface area contributed by atoms with Crippen LogP contribution < -0.4 is 5.56 Å². The molecule has 1 aromatic rings. The van der Waals surface area contributed by atoms with Crippen LogP contribution in [-0.4, -0.2) is 34.7 Å². The number of rotatable bonds is 3. The lowest BCUT2D eigenvalue weighted by molar-refractivity contribution is -0.128. The molecule has 0 aliphatic carbocycles. The maximum atomic E-state index is 13.2. The molecular weight excluding hydrogens is 249 g/mol. The van der Waals surface area contributed by atoms with Crippen LogP contribution in [0.3, 0.4) is 0 Å². The number of amides is 1. The molecule has 7 heteroatoms. The van der Waals surface area contributed by atoms with Crippen molar-refractivity contribution >= 4 is 17.5 Å². The van der Waals surface area contributed by atoms with Gasteiger partial charge in [0.1, 0.15) is 5.02 Å². The van der Waals surface area contributed by atoms with Gasteiger partial charge in [0.25, 0.3) is 5.56 Å². The average Bonchev–Trinajstić information content (AvgIpc) is 2.28. The zero-order chi connectivity index (χ0) is 13.2. The minimum absolute atomic E-state index is 0.0342. The zero-order valence-corrected chi connectivity index (χ0v) is 10.6. The fraction of sp³-hybridized carbons (Fsp3) is 0.500. The van der Waals surface area contributed by atoms with Crippen molar-refractivity contribution in [2.45, 2.75) is 19.9 Å². The predicted octanol–water partition coefficient (Wildman–Crippen LogP) is 0.823. The summed E-state index contributed by atoms with van der Waals surface area (Å²) < 4.78 is 14.2. The Bertz CT molecular complexity index is 499. The van der Waals surface area contributed by atoms with Crippen LogP contribution in [-0.2, 0) is 11.3 Å². The summed E-state index contributed by atoms with van der Waals surface area (Å²) in [5, 5.41) is 3.25. The van der Waals surface area contributed by atoms with E-state index in [0.717, 1.165) is 4.68 Å². The molecule has 1 amide bonds. The van der Waals surface area contributed by atoms with Crippen LogP contribution in [0, 0.1) is 12.7 Å². The van der Waals surface area contributed by atoms with E-state index in [2.05, 4.69) is 5.10 Å². The van der Waals surface area contributed by atoms with Gasteiger partial charge in [-0.15, -0.1) is 0 Å². The Kier molecular flexibility index (Phi) is 4.22. The van der Waals surface area contributed by atoms with E-state index in [1.807, 2.05) is 0 Å². The SMILES string of the molecule is Cc1nn(CCC(=O)N(C)C)c(=O)c(Cl)c1F. The van der Waals surface area contributed by atoms with Crippen LogP contribution in [0.2, 0.25) is 5.02 Å². The van der Waals surface area contributed by atoms with E-state index >= 15 is 0 Å². The van der Waals surface area contributed by atoms with E-state index in [9.17, 15) is 14.0 Å². The van der Waals surface area contributed by atoms with E-state index in [0.29, 0.717) is 0 Å². The summed E-state index contributed by atoms with van der Waals surface area (Å²) >= 11 is 5.52. The molecule has 94 valence electrons. The molecule has 0 N–H and O–H groups in total. The van der Waals surface area contributed by atoms with Gasteiger partial charge < -0.3 is 4.90 Å². The van der Waals surface area contributed by atoms with E-state index < -0.39 is 16.4 Å². The molecule has 0 saturated heterocycles. The largest absolute Gasteiger partial charge is 0.349 e. The van der Waals surface area contributed by atoms with Gasteiger partial charge in [0.05, 0.1) is 12.2 Å². The Labute approximate surface area is 103 Å². The molecule has 17 heavy (non-hydrogen) atoms. The van der Waals surface area contributed by atoms with Crippen LogP contribution in [0.15, 0.2) is 4.79 Å². The highest BCUT2D eigenvalue weighted by molar-refractivity contribution is 6.30. The lowest BCUT2D eigenvalue weighted by Gasteiger charge is -2.11. The fourth-order valence-corrected chi connectivity index (χ4v) is 1.45. The number of nitrogens with zero attached hydrogens (tertiary/aromatic N) is 3. The molecule has 0 bridgehead atoms. The van der Waals surface area contributed by atoms with Gasteiger partial charge in [-0.1, -0.05) is 11.6 Å². The van der Waals surface area contributed by atoms with E-state index in [1.165, 1.54) is 11.8 Å². The first-order valence-corrected chi connectivity index (χ1v) is 5.35. The number of halogens is 2. The molecule has 5 nitrogen and oxygen atoms in total. The average molecular weight is 262 g/mol. The first kappa shape index (κ1) is 13.6. The highest BCUT2D eigenvalue weighted by Gasteiger charge is 2.14. The minimum Gasteiger partial charge on any atom is -0.349 e. The lowest BCUT2D eigenvalue weighted by atomic mass is 10.3. The number of carbonyl (C=O) groups excluding carboxylic acids is 1. The Morgan fingerprint density at radius 3 is 2.65 bits per heavy atom. The van der Waals surface area contributed by atoms with Crippen LogP contribution in [0.1, 0.15) is 12.1 Å². The van der Waals surface area contributed by atoms with Gasteiger partial charge in [-0.25, -0.2) is 9.07 Å². The molecule has 1 aromatic heterocycles. The van der Waals surface area contributed by atoms with Crippen molar-refractivity contribution in [3.05, 3.63) is 26.9 Å². The highest BCUT2D eigenvalue weighted by Crippen LogP contribution is 2.10. The second kappa shape index (κ2) is 5.27. The van der Waals surface area contributed by atoms with Gasteiger partial charge in [-0.2, -0.15) is 5.10 Å². The summed E-state index contributed by atoms with van der Waals surface area (Å²) in [6, 6.07) is 0. The maximum Gasteiger partial charge on any atom is 0.288 e. The number of aryl methyl sites for hydroxylation is 2. The Morgan fingerprint density at radius 1 is 1.53 bits per heavy atom. The van der Waals surface area contributed by atoms with E-state index in [1.54, 1.807) is 14.1 Å². The topological polar surface area (TPSA) is 55.2 Å². The van der Waals surface area contributed by atoms with Crippen molar-refractivity contribution in [2.75, 3.05) is 14.1 Å². The van der Waals surface area contributed by atoms with Crippen molar-refractivity contribution in [1.29, 1.82) is 0 Å². The summed E-state index contributed by atoms with van der Waals surface area (Å²) in [5.74, 6) is -0.955. The fourth-order valence-electron chi connectivity index (χ4n) is 1.21. The normalized spacial score (nSPS) is 10.4. The summed E-state index contributed by atoms with van der Waals surface area (Å²) in [6.07, 6.45) is 0.112. The Hall–Kier alpha value is -1.43. The first-order valence-electron chi connectivity index (χ1n) is 4.97. The molecule has 0 fully saturated rings. The molecule has 0 radical (unpaired) electrons. The number of hydrogen-bond acceptors (Lipinski definition) is 3. The molecule has 0 spiro atoms. The predicted molar refractivity (Wildman–Crippen MR) is 61.5 cm³/mol. The molecule has 1 heterocycles. The van der Waals surface area contributed by atoms with Gasteiger partial charge >= 0.3 is 0 Å². The van der Waals surface area contributed by atoms with E-state index in [4.69, 9.17) is 11.6 Å². The number of hydrogen-bond donors (Lipinski definition) is 0. The highest BCUT2D eigenvalue weighted by atomic mass is 35.5. The van der Waals surface area contributed by atoms with Gasteiger partial charge in [-0.05, 0) is 6.92 Å². The third kappa shape index (κ3) is 3.03. The maximum absolute atomic E-state index is 13.2. The third-order valence-corrected chi connectivity index (χ3v) is 2.57. The second-order valence-corrected chi connectivity index (χ2v) is 4.16. The standard InChI is InChI=1S/C10H13ClFN3O2/c1-6-9(12)8(11)10(17)15(13-6)5-4-7(16)14(2)3/h4-5H2,1-3H3. The van der Waals surface area contributed by atoms with Crippen LogP contribution in [0.4, 0.5) is 4.39 Å². The Morgan fingerprint density at radius 2 is 2.12 bits per heavy atom. The first-order chi connectivity index (χ1) is 7.84. The van der Waals surface area contributed by atoms with Gasteiger partial charge in [0.2, 0.25) is 5.91 Å². The van der Waals surface area contributed by atoms with Crippen molar-refractivity contribution in [3.63, 3.8) is 0 Å². The van der Waals surface area contributed by atoms with Crippen molar-refractivity contribution < 1.29 is 9.18 Å². The van der Waals surface area contributed by atoms with Crippen LogP contribution in [0.5, 0.6) is 0 Å². The number of carbonyl (C=O) groups is 1. The zero-order valence-electron chi connectivity index (χ0n) is 9.83. The Balaban J connectivity index is 2.94. The summed E-state index contributed by atoms with van der Waals surface area (Å²) in [5.41, 5.74) is -0.687. The van der Waals surface area contributed by atoms with Gasteiger partial charge in [-0.3, -0.25) is 9.59 Å². The molecule has 1 rings (SSSR count). The minimum atomic E-state index is -0.813. The molecule has 0 atom stereocenters. The molecule has 0 aromatic carbocycles. The van der Waals surface area contributed by atoms with Crippen molar-refractivity contribution in [3.8, 4) is 0 Å². The molecule has 0 unspecified atom stereocenters. The molecule has 0 aliphatic heterocycles. The second-order valence-electron chi connectivity index (χ2n) is 3.78. The third-order valence-electron chi connectivity index (χ3n) is 2.24. The monoisotopic (exact) mass is 261 g/mol. The molecular formula is C10H13ClFN3O2. The lowest BCUT2D eigenvalue weighted by Crippen LogP contribution is -2.29. The van der Waals surface area contributed by atoms with E-state index in [-0.39, 0.29) is 24.6 Å².